The van der Waals surface area contributed by atoms with Crippen LogP contribution in [-0.4, -0.2) is 73.3 Å². The van der Waals surface area contributed by atoms with Gasteiger partial charge in [0.15, 0.2) is 5.65 Å². The standard InChI is InChI=1S/C33H32FN7O4/c1-3-39-15-21(16-39)32(43)40-10-8-19(9-11-40)26-24-6-4-5-7-25(24)33(44)45-29(26)18(2)41-31-27(30(35)36-17-37-31)28(38-41)20-12-22(34)14-23(42)13-20/h4-8,12-14,17-18,21,42H,3,9-11,15-16H2,1-2H3,(H2,35,36,37). The molecular weight excluding hydrogens is 577 g/mol. The Morgan fingerprint density at radius 3 is 2.67 bits per heavy atom. The molecule has 0 aliphatic carbocycles. The van der Waals surface area contributed by atoms with Crippen molar-refractivity contribution in [3.8, 4) is 17.0 Å². The molecule has 1 amide bonds. The number of anilines is 1. The molecule has 230 valence electrons. The van der Waals surface area contributed by atoms with Crippen LogP contribution in [0.4, 0.5) is 10.2 Å². The second-order valence-corrected chi connectivity index (χ2v) is 11.6. The molecule has 0 radical (unpaired) electrons. The highest BCUT2D eigenvalue weighted by atomic mass is 19.1. The molecule has 2 aromatic carbocycles. The first kappa shape index (κ1) is 28.7. The van der Waals surface area contributed by atoms with E-state index in [2.05, 4.69) is 21.8 Å². The van der Waals surface area contributed by atoms with Gasteiger partial charge in [-0.15, -0.1) is 0 Å². The molecule has 7 rings (SSSR count). The topological polar surface area (TPSA) is 144 Å². The van der Waals surface area contributed by atoms with Gasteiger partial charge in [0.2, 0.25) is 5.91 Å². The molecule has 3 aromatic heterocycles. The van der Waals surface area contributed by atoms with Crippen LogP contribution in [-0.2, 0) is 4.79 Å². The van der Waals surface area contributed by atoms with E-state index in [0.717, 1.165) is 42.2 Å². The van der Waals surface area contributed by atoms with Gasteiger partial charge in [-0.25, -0.2) is 23.8 Å². The van der Waals surface area contributed by atoms with Gasteiger partial charge in [0.25, 0.3) is 0 Å². The summed E-state index contributed by atoms with van der Waals surface area (Å²) in [6.45, 7) is 7.47. The fourth-order valence-electron chi connectivity index (χ4n) is 6.47. The Morgan fingerprint density at radius 2 is 1.96 bits per heavy atom. The lowest BCUT2D eigenvalue weighted by Crippen LogP contribution is -2.54. The summed E-state index contributed by atoms with van der Waals surface area (Å²) >= 11 is 0. The van der Waals surface area contributed by atoms with E-state index in [1.165, 1.54) is 18.5 Å². The number of likely N-dealkylation sites (tertiary alicyclic amines) is 1. The summed E-state index contributed by atoms with van der Waals surface area (Å²) < 4.78 is 22.0. The first-order valence-electron chi connectivity index (χ1n) is 15.0. The first-order chi connectivity index (χ1) is 21.7. The number of hydrogen-bond acceptors (Lipinski definition) is 9. The summed E-state index contributed by atoms with van der Waals surface area (Å²) in [5, 5.41) is 16.4. The fraction of sp³-hybridized carbons (Fsp3) is 0.303. The number of nitrogen functional groups attached to an aromatic ring is 1. The second-order valence-electron chi connectivity index (χ2n) is 11.6. The van der Waals surface area contributed by atoms with Crippen molar-refractivity contribution in [2.45, 2.75) is 26.3 Å². The predicted octanol–water partition coefficient (Wildman–Crippen LogP) is 4.20. The summed E-state index contributed by atoms with van der Waals surface area (Å²) in [6.07, 6.45) is 3.93. The van der Waals surface area contributed by atoms with Crippen molar-refractivity contribution in [1.29, 1.82) is 0 Å². The molecule has 0 spiro atoms. The van der Waals surface area contributed by atoms with Crippen LogP contribution in [0.1, 0.15) is 37.6 Å². The summed E-state index contributed by atoms with van der Waals surface area (Å²) in [4.78, 5) is 39.2. The SMILES string of the molecule is CCN1CC(C(=O)N2CC=C(c3c(C(C)n4nc(-c5cc(O)cc(F)c5)c5c(N)ncnc54)oc(=O)c4ccccc34)CC2)C1. The van der Waals surface area contributed by atoms with Gasteiger partial charge < -0.3 is 25.1 Å². The molecule has 2 aliphatic heterocycles. The number of aromatic nitrogens is 4. The van der Waals surface area contributed by atoms with Crippen LogP contribution >= 0.6 is 0 Å². The van der Waals surface area contributed by atoms with Crippen LogP contribution in [0, 0.1) is 11.7 Å². The van der Waals surface area contributed by atoms with E-state index in [9.17, 15) is 19.1 Å². The summed E-state index contributed by atoms with van der Waals surface area (Å²) in [5.74, 6) is -0.207. The van der Waals surface area contributed by atoms with E-state index in [-0.39, 0.29) is 29.1 Å². The van der Waals surface area contributed by atoms with Crippen molar-refractivity contribution in [1.82, 2.24) is 29.5 Å². The number of halogens is 1. The average Bonchev–Trinajstić information content (AvgIpc) is 3.41. The summed E-state index contributed by atoms with van der Waals surface area (Å²) in [6, 6.07) is 10.3. The lowest BCUT2D eigenvalue weighted by Gasteiger charge is -2.40. The van der Waals surface area contributed by atoms with E-state index < -0.39 is 17.5 Å². The number of nitrogens with zero attached hydrogens (tertiary/aromatic N) is 6. The maximum Gasteiger partial charge on any atom is 0.343 e. The Kier molecular flexibility index (Phi) is 7.08. The molecule has 1 unspecified atom stereocenters. The predicted molar refractivity (Wildman–Crippen MR) is 168 cm³/mol. The molecule has 1 atom stereocenters. The minimum Gasteiger partial charge on any atom is -0.508 e. The van der Waals surface area contributed by atoms with Crippen LogP contribution < -0.4 is 11.4 Å². The minimum atomic E-state index is -0.666. The number of amides is 1. The lowest BCUT2D eigenvalue weighted by atomic mass is 9.91. The molecule has 1 fully saturated rings. The molecule has 12 heteroatoms. The monoisotopic (exact) mass is 609 g/mol. The third kappa shape index (κ3) is 4.91. The van der Waals surface area contributed by atoms with Crippen LogP contribution in [0.25, 0.3) is 38.6 Å². The van der Waals surface area contributed by atoms with Crippen LogP contribution in [0.2, 0.25) is 0 Å². The molecule has 0 bridgehead atoms. The molecule has 45 heavy (non-hydrogen) atoms. The lowest BCUT2D eigenvalue weighted by molar-refractivity contribution is -0.140. The van der Waals surface area contributed by atoms with E-state index in [0.29, 0.717) is 47.3 Å². The van der Waals surface area contributed by atoms with Gasteiger partial charge in [-0.05, 0) is 49.0 Å². The van der Waals surface area contributed by atoms with Crippen molar-refractivity contribution in [2.75, 3.05) is 38.5 Å². The van der Waals surface area contributed by atoms with Gasteiger partial charge in [0, 0.05) is 43.4 Å². The van der Waals surface area contributed by atoms with Gasteiger partial charge in [0.05, 0.1) is 16.7 Å². The molecular formula is C33H32FN7O4. The molecule has 5 heterocycles. The number of rotatable bonds is 6. The average molecular weight is 610 g/mol. The van der Waals surface area contributed by atoms with Crippen molar-refractivity contribution >= 4 is 39.1 Å². The van der Waals surface area contributed by atoms with Crippen molar-refractivity contribution < 1.29 is 18.7 Å². The zero-order valence-electron chi connectivity index (χ0n) is 24.9. The summed E-state index contributed by atoms with van der Waals surface area (Å²) in [7, 11) is 0. The Morgan fingerprint density at radius 1 is 1.18 bits per heavy atom. The van der Waals surface area contributed by atoms with Crippen LogP contribution in [0.5, 0.6) is 5.75 Å². The van der Waals surface area contributed by atoms with E-state index in [1.807, 2.05) is 30.0 Å². The smallest absolute Gasteiger partial charge is 0.343 e. The number of nitrogens with two attached hydrogens (primary N) is 1. The molecule has 3 N–H and O–H groups in total. The Labute approximate surface area is 257 Å². The largest absolute Gasteiger partial charge is 0.508 e. The third-order valence-corrected chi connectivity index (χ3v) is 8.88. The molecule has 0 saturated carbocycles. The van der Waals surface area contributed by atoms with E-state index in [4.69, 9.17) is 15.2 Å². The number of aromatic hydroxyl groups is 1. The van der Waals surface area contributed by atoms with Crippen molar-refractivity contribution in [2.24, 2.45) is 5.92 Å². The Bertz CT molecular complexity index is 2040. The summed E-state index contributed by atoms with van der Waals surface area (Å²) in [5.41, 5.74) is 8.44. The van der Waals surface area contributed by atoms with Crippen molar-refractivity contribution in [3.05, 3.63) is 82.4 Å². The number of carbonyl (C=O) groups is 1. The fourth-order valence-corrected chi connectivity index (χ4v) is 6.47. The number of phenolic OH excluding ortho intramolecular Hbond substituents is 1. The normalized spacial score (nSPS) is 16.6. The van der Waals surface area contributed by atoms with Gasteiger partial charge in [-0.2, -0.15) is 5.10 Å². The maximum atomic E-state index is 14.3. The maximum absolute atomic E-state index is 14.3. The van der Waals surface area contributed by atoms with Gasteiger partial charge >= 0.3 is 5.63 Å². The Hall–Kier alpha value is -5.10. The number of benzene rings is 2. The highest BCUT2D eigenvalue weighted by Gasteiger charge is 2.35. The zero-order valence-corrected chi connectivity index (χ0v) is 24.9. The van der Waals surface area contributed by atoms with Crippen LogP contribution in [0.15, 0.2) is 64.1 Å². The second kappa shape index (κ2) is 11.1. The number of hydrogen-bond donors (Lipinski definition) is 2. The van der Waals surface area contributed by atoms with Crippen LogP contribution in [0.3, 0.4) is 0 Å². The number of fused-ring (bicyclic) bond motifs is 2. The van der Waals surface area contributed by atoms with E-state index >= 15 is 0 Å². The number of carbonyl (C=O) groups excluding carboxylic acids is 1. The van der Waals surface area contributed by atoms with Gasteiger partial charge in [-0.3, -0.25) is 4.79 Å². The zero-order chi connectivity index (χ0) is 31.4. The Balaban J connectivity index is 1.34. The highest BCUT2D eigenvalue weighted by Crippen LogP contribution is 2.39. The molecule has 11 nitrogen and oxygen atoms in total. The molecule has 1 saturated heterocycles. The van der Waals surface area contributed by atoms with Gasteiger partial charge in [-0.1, -0.05) is 31.2 Å². The highest BCUT2D eigenvalue weighted by molar-refractivity contribution is 5.99. The van der Waals surface area contributed by atoms with Crippen molar-refractivity contribution in [3.63, 3.8) is 0 Å². The quantitative estimate of drug-likeness (QED) is 0.289. The minimum absolute atomic E-state index is 0.0304. The third-order valence-electron chi connectivity index (χ3n) is 8.88. The first-order valence-corrected chi connectivity index (χ1v) is 15.0. The molecule has 2 aliphatic rings. The van der Waals surface area contributed by atoms with Gasteiger partial charge in [0.1, 0.15) is 41.2 Å². The molecule has 5 aromatic rings. The van der Waals surface area contributed by atoms with E-state index in [1.54, 1.807) is 16.8 Å². The number of phenols is 1.